The summed E-state index contributed by atoms with van der Waals surface area (Å²) in [7, 11) is 3.08. The van der Waals surface area contributed by atoms with Crippen LogP contribution in [-0.2, 0) is 4.79 Å². The Morgan fingerprint density at radius 2 is 1.71 bits per heavy atom. The Hall–Kier alpha value is -3.36. The molecule has 0 spiro atoms. The van der Waals surface area contributed by atoms with E-state index in [1.165, 1.54) is 19.5 Å². The molecular formula is C19H23N5O4. The van der Waals surface area contributed by atoms with Gasteiger partial charge in [0.2, 0.25) is 11.9 Å². The van der Waals surface area contributed by atoms with Gasteiger partial charge in [0.25, 0.3) is 5.91 Å². The Balaban J connectivity index is 1.65. The highest BCUT2D eigenvalue weighted by atomic mass is 16.5. The van der Waals surface area contributed by atoms with Gasteiger partial charge in [0.1, 0.15) is 11.5 Å². The first-order valence-electron chi connectivity index (χ1n) is 8.87. The molecule has 3 rings (SSSR count). The zero-order valence-electron chi connectivity index (χ0n) is 16.1. The number of anilines is 2. The van der Waals surface area contributed by atoms with Crippen molar-refractivity contribution in [3.05, 3.63) is 36.2 Å². The van der Waals surface area contributed by atoms with Gasteiger partial charge in [-0.1, -0.05) is 0 Å². The number of methoxy groups -OCH3 is 2. The van der Waals surface area contributed by atoms with Gasteiger partial charge in [0, 0.05) is 51.6 Å². The van der Waals surface area contributed by atoms with Crippen molar-refractivity contribution in [3.8, 4) is 11.5 Å². The molecule has 1 aliphatic rings. The minimum absolute atomic E-state index is 0.0709. The Morgan fingerprint density at radius 3 is 2.29 bits per heavy atom. The fourth-order valence-corrected chi connectivity index (χ4v) is 2.92. The molecule has 0 atom stereocenters. The Bertz CT molecular complexity index is 848. The molecule has 2 aromatic rings. The predicted molar refractivity (Wildman–Crippen MR) is 104 cm³/mol. The summed E-state index contributed by atoms with van der Waals surface area (Å²) in [5.74, 6) is 1.40. The molecule has 0 radical (unpaired) electrons. The SMILES string of the molecule is COc1ccc(NC(=O)c2cnc(N3CCN(C(C)=O)CC3)nc2)c(OC)c1. The van der Waals surface area contributed by atoms with Gasteiger partial charge in [-0.3, -0.25) is 9.59 Å². The second kappa shape index (κ2) is 8.55. The second-order valence-corrected chi connectivity index (χ2v) is 6.29. The fraction of sp³-hybridized carbons (Fsp3) is 0.368. The fourth-order valence-electron chi connectivity index (χ4n) is 2.92. The van der Waals surface area contributed by atoms with Gasteiger partial charge in [-0.25, -0.2) is 9.97 Å². The minimum Gasteiger partial charge on any atom is -0.497 e. The van der Waals surface area contributed by atoms with Gasteiger partial charge in [0.15, 0.2) is 0 Å². The summed E-state index contributed by atoms with van der Waals surface area (Å²) in [5.41, 5.74) is 0.863. The summed E-state index contributed by atoms with van der Waals surface area (Å²) < 4.78 is 10.4. The molecule has 9 heteroatoms. The molecule has 148 valence electrons. The van der Waals surface area contributed by atoms with Crippen LogP contribution in [0.15, 0.2) is 30.6 Å². The number of piperazine rings is 1. The number of benzene rings is 1. The third-order valence-corrected chi connectivity index (χ3v) is 4.57. The van der Waals surface area contributed by atoms with E-state index in [1.807, 2.05) is 4.90 Å². The number of aromatic nitrogens is 2. The van der Waals surface area contributed by atoms with Crippen LogP contribution in [0.1, 0.15) is 17.3 Å². The Labute approximate surface area is 163 Å². The maximum Gasteiger partial charge on any atom is 0.258 e. The highest BCUT2D eigenvalue weighted by Gasteiger charge is 2.20. The Morgan fingerprint density at radius 1 is 1.04 bits per heavy atom. The quantitative estimate of drug-likeness (QED) is 0.831. The van der Waals surface area contributed by atoms with Crippen molar-refractivity contribution in [2.45, 2.75) is 6.92 Å². The first kappa shape index (κ1) is 19.4. The number of nitrogens with one attached hydrogen (secondary N) is 1. The lowest BCUT2D eigenvalue weighted by molar-refractivity contribution is -0.129. The summed E-state index contributed by atoms with van der Waals surface area (Å²) in [5, 5.41) is 2.79. The van der Waals surface area contributed by atoms with Gasteiger partial charge in [-0.05, 0) is 12.1 Å². The normalized spacial score (nSPS) is 13.8. The first-order valence-corrected chi connectivity index (χ1v) is 8.87. The monoisotopic (exact) mass is 385 g/mol. The summed E-state index contributed by atoms with van der Waals surface area (Å²) in [4.78, 5) is 36.3. The first-order chi connectivity index (χ1) is 13.5. The molecule has 9 nitrogen and oxygen atoms in total. The van der Waals surface area contributed by atoms with Crippen molar-refractivity contribution in [1.29, 1.82) is 0 Å². The van der Waals surface area contributed by atoms with Crippen molar-refractivity contribution in [3.63, 3.8) is 0 Å². The molecule has 0 saturated carbocycles. The lowest BCUT2D eigenvalue weighted by Gasteiger charge is -2.34. The number of carbonyl (C=O) groups is 2. The molecule has 1 saturated heterocycles. The lowest BCUT2D eigenvalue weighted by Crippen LogP contribution is -2.48. The standard InChI is InChI=1S/C19H23N5O4/c1-13(25)23-6-8-24(9-7-23)19-20-11-14(12-21-19)18(26)22-16-5-4-15(27-2)10-17(16)28-3/h4-5,10-12H,6-9H2,1-3H3,(H,22,26). The van der Waals surface area contributed by atoms with Crippen molar-refractivity contribution in [1.82, 2.24) is 14.9 Å². The van der Waals surface area contributed by atoms with Crippen molar-refractivity contribution >= 4 is 23.5 Å². The summed E-state index contributed by atoms with van der Waals surface area (Å²) in [6.45, 7) is 4.16. The van der Waals surface area contributed by atoms with Gasteiger partial charge >= 0.3 is 0 Å². The smallest absolute Gasteiger partial charge is 0.258 e. The van der Waals surface area contributed by atoms with E-state index in [4.69, 9.17) is 9.47 Å². The number of hydrogen-bond acceptors (Lipinski definition) is 7. The molecule has 1 fully saturated rings. The summed E-state index contributed by atoms with van der Waals surface area (Å²) >= 11 is 0. The van der Waals surface area contributed by atoms with Crippen LogP contribution in [0.4, 0.5) is 11.6 Å². The van der Waals surface area contributed by atoms with E-state index in [2.05, 4.69) is 15.3 Å². The van der Waals surface area contributed by atoms with Crippen molar-refractivity contribution in [2.24, 2.45) is 0 Å². The van der Waals surface area contributed by atoms with E-state index in [9.17, 15) is 9.59 Å². The average molecular weight is 385 g/mol. The zero-order chi connectivity index (χ0) is 20.1. The number of ether oxygens (including phenoxy) is 2. The van der Waals surface area contributed by atoms with Crippen LogP contribution in [0.2, 0.25) is 0 Å². The van der Waals surface area contributed by atoms with Crippen LogP contribution in [0.25, 0.3) is 0 Å². The molecule has 1 aliphatic heterocycles. The molecule has 0 bridgehead atoms. The molecule has 2 heterocycles. The van der Waals surface area contributed by atoms with E-state index in [0.717, 1.165) is 0 Å². The lowest BCUT2D eigenvalue weighted by atomic mass is 10.2. The van der Waals surface area contributed by atoms with Crippen molar-refractivity contribution in [2.75, 3.05) is 50.6 Å². The average Bonchev–Trinajstić information content (AvgIpc) is 2.74. The van der Waals surface area contributed by atoms with Crippen LogP contribution in [0.5, 0.6) is 11.5 Å². The van der Waals surface area contributed by atoms with E-state index >= 15 is 0 Å². The summed E-state index contributed by atoms with van der Waals surface area (Å²) in [6, 6.07) is 5.13. The molecule has 1 aromatic heterocycles. The van der Waals surface area contributed by atoms with Gasteiger partial charge in [-0.15, -0.1) is 0 Å². The van der Waals surface area contributed by atoms with Crippen molar-refractivity contribution < 1.29 is 19.1 Å². The highest BCUT2D eigenvalue weighted by Crippen LogP contribution is 2.29. The number of nitrogens with zero attached hydrogens (tertiary/aromatic N) is 4. The Kier molecular flexibility index (Phi) is 5.93. The largest absolute Gasteiger partial charge is 0.497 e. The van der Waals surface area contributed by atoms with Crippen LogP contribution in [0.3, 0.4) is 0 Å². The van der Waals surface area contributed by atoms with E-state index in [1.54, 1.807) is 37.1 Å². The maximum absolute atomic E-state index is 12.5. The third-order valence-electron chi connectivity index (χ3n) is 4.57. The van der Waals surface area contributed by atoms with Gasteiger partial charge in [0.05, 0.1) is 25.5 Å². The molecule has 0 unspecified atom stereocenters. The minimum atomic E-state index is -0.337. The molecule has 1 aromatic carbocycles. The maximum atomic E-state index is 12.5. The molecular weight excluding hydrogens is 362 g/mol. The van der Waals surface area contributed by atoms with E-state index in [-0.39, 0.29) is 11.8 Å². The summed E-state index contributed by atoms with van der Waals surface area (Å²) in [6.07, 6.45) is 2.98. The highest BCUT2D eigenvalue weighted by molar-refractivity contribution is 6.04. The van der Waals surface area contributed by atoms with Crippen LogP contribution < -0.4 is 19.7 Å². The molecule has 1 N–H and O–H groups in total. The zero-order valence-corrected chi connectivity index (χ0v) is 16.1. The molecule has 0 aliphatic carbocycles. The van der Waals surface area contributed by atoms with Crippen LogP contribution >= 0.6 is 0 Å². The van der Waals surface area contributed by atoms with Crippen LogP contribution in [-0.4, -0.2) is 67.1 Å². The number of hydrogen-bond donors (Lipinski definition) is 1. The molecule has 2 amide bonds. The number of rotatable bonds is 5. The topological polar surface area (TPSA) is 96.9 Å². The third kappa shape index (κ3) is 4.30. The molecule has 28 heavy (non-hydrogen) atoms. The number of carbonyl (C=O) groups excluding carboxylic acids is 2. The van der Waals surface area contributed by atoms with Gasteiger partial charge < -0.3 is 24.6 Å². The second-order valence-electron chi connectivity index (χ2n) is 6.29. The predicted octanol–water partition coefficient (Wildman–Crippen LogP) is 1.41. The van der Waals surface area contributed by atoms with Crippen LogP contribution in [0, 0.1) is 0 Å². The van der Waals surface area contributed by atoms with E-state index < -0.39 is 0 Å². The number of amides is 2. The van der Waals surface area contributed by atoms with E-state index in [0.29, 0.717) is 54.9 Å². The van der Waals surface area contributed by atoms with Gasteiger partial charge in [-0.2, -0.15) is 0 Å².